The number of ether oxygens (including phenoxy) is 1. The van der Waals surface area contributed by atoms with Gasteiger partial charge < -0.3 is 10.1 Å². The SMILES string of the molecule is CNC(c1cncc(OC(C)C)c1)c1cc2c(s1)CCC2. The molecule has 1 atom stereocenters. The maximum absolute atomic E-state index is 5.76. The van der Waals surface area contributed by atoms with E-state index >= 15 is 0 Å². The predicted molar refractivity (Wildman–Crippen MR) is 87.2 cm³/mol. The summed E-state index contributed by atoms with van der Waals surface area (Å²) in [5.41, 5.74) is 2.70. The summed E-state index contributed by atoms with van der Waals surface area (Å²) in [6, 6.07) is 4.66. The van der Waals surface area contributed by atoms with Crippen LogP contribution in [0.5, 0.6) is 5.75 Å². The number of nitrogens with zero attached hydrogens (tertiary/aromatic N) is 1. The van der Waals surface area contributed by atoms with Crippen molar-refractivity contribution in [3.8, 4) is 5.75 Å². The molecule has 0 aromatic carbocycles. The summed E-state index contributed by atoms with van der Waals surface area (Å²) in [7, 11) is 2.01. The fraction of sp³-hybridized carbons (Fsp3) is 0.471. The Labute approximate surface area is 130 Å². The number of pyridine rings is 1. The van der Waals surface area contributed by atoms with Crippen molar-refractivity contribution in [1.82, 2.24) is 10.3 Å². The van der Waals surface area contributed by atoms with Gasteiger partial charge in [0.15, 0.2) is 0 Å². The molecule has 1 aliphatic carbocycles. The van der Waals surface area contributed by atoms with Crippen LogP contribution in [0, 0.1) is 0 Å². The predicted octanol–water partition coefficient (Wildman–Crippen LogP) is 3.73. The summed E-state index contributed by atoms with van der Waals surface area (Å²) in [5.74, 6) is 0.840. The van der Waals surface area contributed by atoms with Gasteiger partial charge >= 0.3 is 0 Å². The molecule has 4 heteroatoms. The molecule has 21 heavy (non-hydrogen) atoms. The molecule has 1 unspecified atom stereocenters. The normalized spacial score (nSPS) is 15.2. The Kier molecular flexibility index (Phi) is 4.27. The lowest BCUT2D eigenvalue weighted by atomic mass is 10.1. The number of rotatable bonds is 5. The Hall–Kier alpha value is -1.39. The van der Waals surface area contributed by atoms with Crippen molar-refractivity contribution >= 4 is 11.3 Å². The topological polar surface area (TPSA) is 34.2 Å². The monoisotopic (exact) mass is 302 g/mol. The molecule has 0 amide bonds. The highest BCUT2D eigenvalue weighted by Crippen LogP contribution is 2.36. The van der Waals surface area contributed by atoms with E-state index in [9.17, 15) is 0 Å². The molecule has 1 N–H and O–H groups in total. The van der Waals surface area contributed by atoms with Crippen molar-refractivity contribution in [2.75, 3.05) is 7.05 Å². The van der Waals surface area contributed by atoms with Gasteiger partial charge in [-0.3, -0.25) is 4.98 Å². The van der Waals surface area contributed by atoms with Crippen molar-refractivity contribution in [1.29, 1.82) is 0 Å². The fourth-order valence-corrected chi connectivity index (χ4v) is 4.29. The van der Waals surface area contributed by atoms with Crippen molar-refractivity contribution in [2.45, 2.75) is 45.3 Å². The van der Waals surface area contributed by atoms with Crippen molar-refractivity contribution in [3.63, 3.8) is 0 Å². The van der Waals surface area contributed by atoms with Gasteiger partial charge in [-0.2, -0.15) is 0 Å². The van der Waals surface area contributed by atoms with Gasteiger partial charge in [-0.15, -0.1) is 11.3 Å². The fourth-order valence-electron chi connectivity index (χ4n) is 2.90. The quantitative estimate of drug-likeness (QED) is 0.914. The highest BCUT2D eigenvalue weighted by molar-refractivity contribution is 7.12. The van der Waals surface area contributed by atoms with Gasteiger partial charge in [0.05, 0.1) is 18.3 Å². The average Bonchev–Trinajstić information content (AvgIpc) is 3.00. The van der Waals surface area contributed by atoms with E-state index in [4.69, 9.17) is 4.74 Å². The highest BCUT2D eigenvalue weighted by Gasteiger charge is 2.21. The van der Waals surface area contributed by atoms with Crippen LogP contribution in [0.15, 0.2) is 24.5 Å². The summed E-state index contributed by atoms with van der Waals surface area (Å²) < 4.78 is 5.76. The lowest BCUT2D eigenvalue weighted by Gasteiger charge is -2.17. The van der Waals surface area contributed by atoms with Crippen molar-refractivity contribution in [2.24, 2.45) is 0 Å². The summed E-state index contributed by atoms with van der Waals surface area (Å²) in [6.07, 6.45) is 7.66. The molecule has 0 saturated heterocycles. The van der Waals surface area contributed by atoms with Crippen LogP contribution in [0.1, 0.15) is 47.2 Å². The Bertz CT molecular complexity index is 600. The van der Waals surface area contributed by atoms with E-state index < -0.39 is 0 Å². The van der Waals surface area contributed by atoms with Gasteiger partial charge in [-0.05, 0) is 63.4 Å². The zero-order valence-corrected chi connectivity index (χ0v) is 13.7. The van der Waals surface area contributed by atoms with Crippen LogP contribution in [0.4, 0.5) is 0 Å². The van der Waals surface area contributed by atoms with Crippen LogP contribution in [-0.4, -0.2) is 18.1 Å². The first kappa shape index (κ1) is 14.5. The molecule has 0 radical (unpaired) electrons. The third-order valence-corrected chi connectivity index (χ3v) is 5.08. The second-order valence-electron chi connectivity index (χ2n) is 5.79. The van der Waals surface area contributed by atoms with E-state index in [0.29, 0.717) is 0 Å². The van der Waals surface area contributed by atoms with Crippen molar-refractivity contribution in [3.05, 3.63) is 45.4 Å². The Morgan fingerprint density at radius 1 is 1.24 bits per heavy atom. The van der Waals surface area contributed by atoms with Gasteiger partial charge in [-0.25, -0.2) is 0 Å². The summed E-state index contributed by atoms with van der Waals surface area (Å²) in [4.78, 5) is 7.28. The van der Waals surface area contributed by atoms with Crippen LogP contribution in [0.2, 0.25) is 0 Å². The minimum atomic E-state index is 0.167. The van der Waals surface area contributed by atoms with Gasteiger partial charge in [-0.1, -0.05) is 0 Å². The molecule has 2 aromatic heterocycles. The molecule has 3 nitrogen and oxygen atoms in total. The maximum Gasteiger partial charge on any atom is 0.138 e. The van der Waals surface area contributed by atoms with E-state index in [1.54, 1.807) is 11.1 Å². The molecular formula is C17H22N2OS. The van der Waals surface area contributed by atoms with Gasteiger partial charge in [0, 0.05) is 16.0 Å². The number of aromatic nitrogens is 1. The first-order valence-corrected chi connectivity index (χ1v) is 8.39. The second-order valence-corrected chi connectivity index (χ2v) is 6.96. The lowest BCUT2D eigenvalue weighted by Crippen LogP contribution is -2.17. The number of aryl methyl sites for hydroxylation is 2. The number of nitrogens with one attached hydrogen (secondary N) is 1. The Morgan fingerprint density at radius 2 is 2.10 bits per heavy atom. The maximum atomic E-state index is 5.76. The first-order valence-electron chi connectivity index (χ1n) is 7.57. The molecule has 1 aliphatic rings. The van der Waals surface area contributed by atoms with Gasteiger partial charge in [0.25, 0.3) is 0 Å². The number of hydrogen-bond donors (Lipinski definition) is 1. The smallest absolute Gasteiger partial charge is 0.138 e. The summed E-state index contributed by atoms with van der Waals surface area (Å²) >= 11 is 1.94. The van der Waals surface area contributed by atoms with Crippen LogP contribution in [0.3, 0.4) is 0 Å². The lowest BCUT2D eigenvalue weighted by molar-refractivity contribution is 0.241. The van der Waals surface area contributed by atoms with Crippen LogP contribution >= 0.6 is 11.3 Å². The standard InChI is InChI=1S/C17H22N2OS/c1-11(2)20-14-7-13(9-19-10-14)17(18-3)16-8-12-5-4-6-15(12)21-16/h7-11,17-18H,4-6H2,1-3H3. The zero-order valence-electron chi connectivity index (χ0n) is 12.8. The van der Waals surface area contributed by atoms with Gasteiger partial charge in [0.2, 0.25) is 0 Å². The molecule has 0 aliphatic heterocycles. The summed E-state index contributed by atoms with van der Waals surface area (Å²) in [6.45, 7) is 4.07. The molecule has 112 valence electrons. The minimum Gasteiger partial charge on any atom is -0.489 e. The van der Waals surface area contributed by atoms with E-state index in [0.717, 1.165) is 11.3 Å². The molecular weight excluding hydrogens is 280 g/mol. The molecule has 2 heterocycles. The number of fused-ring (bicyclic) bond motifs is 1. The Morgan fingerprint density at radius 3 is 2.81 bits per heavy atom. The minimum absolute atomic E-state index is 0.167. The molecule has 2 aromatic rings. The third-order valence-electron chi connectivity index (χ3n) is 3.78. The molecule has 3 rings (SSSR count). The van der Waals surface area contributed by atoms with Crippen LogP contribution in [-0.2, 0) is 12.8 Å². The highest BCUT2D eigenvalue weighted by atomic mass is 32.1. The van der Waals surface area contributed by atoms with E-state index in [-0.39, 0.29) is 12.1 Å². The average molecular weight is 302 g/mol. The number of thiophene rings is 1. The third kappa shape index (κ3) is 3.11. The first-order chi connectivity index (χ1) is 10.2. The van der Waals surface area contributed by atoms with Gasteiger partial charge in [0.1, 0.15) is 5.75 Å². The number of hydrogen-bond acceptors (Lipinski definition) is 4. The van der Waals surface area contributed by atoms with Crippen LogP contribution in [0.25, 0.3) is 0 Å². The summed E-state index contributed by atoms with van der Waals surface area (Å²) in [5, 5.41) is 3.42. The molecule has 0 saturated carbocycles. The molecule has 0 spiro atoms. The van der Waals surface area contributed by atoms with E-state index in [1.807, 2.05) is 38.4 Å². The molecule has 0 bridgehead atoms. The molecule has 0 fully saturated rings. The van der Waals surface area contributed by atoms with E-state index in [2.05, 4.69) is 22.4 Å². The Balaban J connectivity index is 1.88. The van der Waals surface area contributed by atoms with Crippen molar-refractivity contribution < 1.29 is 4.74 Å². The largest absolute Gasteiger partial charge is 0.489 e. The second kappa shape index (κ2) is 6.16. The zero-order chi connectivity index (χ0) is 14.8. The van der Waals surface area contributed by atoms with E-state index in [1.165, 1.54) is 29.7 Å². The van der Waals surface area contributed by atoms with Crippen LogP contribution < -0.4 is 10.1 Å².